The summed E-state index contributed by atoms with van der Waals surface area (Å²) in [6.07, 6.45) is 4.00. The minimum atomic E-state index is 0.501. The molecular formula is C13H26N2O2. The van der Waals surface area contributed by atoms with Crippen LogP contribution in [-0.4, -0.2) is 50.6 Å². The minimum Gasteiger partial charge on any atom is -0.379 e. The molecule has 0 radical (unpaired) electrons. The van der Waals surface area contributed by atoms with Crippen molar-refractivity contribution in [2.45, 2.75) is 57.3 Å². The first-order valence-corrected chi connectivity index (χ1v) is 6.96. The maximum atomic E-state index is 5.57. The zero-order chi connectivity index (χ0) is 12.1. The summed E-state index contributed by atoms with van der Waals surface area (Å²) in [5.74, 6) is 0. The van der Waals surface area contributed by atoms with Crippen LogP contribution in [0.3, 0.4) is 0 Å². The summed E-state index contributed by atoms with van der Waals surface area (Å²) in [5.41, 5.74) is 0. The Morgan fingerprint density at radius 2 is 2.29 bits per heavy atom. The topological polar surface area (TPSA) is 42.5 Å². The molecule has 2 atom stereocenters. The quantitative estimate of drug-likeness (QED) is 0.726. The predicted octanol–water partition coefficient (Wildman–Crippen LogP) is 0.911. The lowest BCUT2D eigenvalue weighted by Gasteiger charge is -2.38. The molecule has 1 aliphatic heterocycles. The lowest BCUT2D eigenvalue weighted by Crippen LogP contribution is -2.51. The molecule has 0 bridgehead atoms. The predicted molar refractivity (Wildman–Crippen MR) is 68.3 cm³/mol. The van der Waals surface area contributed by atoms with Gasteiger partial charge >= 0.3 is 0 Å². The minimum absolute atomic E-state index is 0.501. The summed E-state index contributed by atoms with van der Waals surface area (Å²) in [6.45, 7) is 7.89. The van der Waals surface area contributed by atoms with Crippen LogP contribution in [0.15, 0.2) is 0 Å². The Morgan fingerprint density at radius 3 is 2.94 bits per heavy atom. The van der Waals surface area contributed by atoms with Gasteiger partial charge in [-0.25, -0.2) is 0 Å². The standard InChI is InChI=1S/C13H26N2O2/c1-3-17-13-7-11(8-13)15-10(2)6-12-9-16-5-4-14-12/h10-15H,3-9H2,1-2H3. The van der Waals surface area contributed by atoms with Crippen LogP contribution in [0.5, 0.6) is 0 Å². The van der Waals surface area contributed by atoms with Crippen LogP contribution in [0.1, 0.15) is 33.1 Å². The first-order valence-electron chi connectivity index (χ1n) is 6.96. The van der Waals surface area contributed by atoms with E-state index < -0.39 is 0 Å². The summed E-state index contributed by atoms with van der Waals surface area (Å²) < 4.78 is 11.0. The van der Waals surface area contributed by atoms with Gasteiger partial charge in [-0.3, -0.25) is 0 Å². The van der Waals surface area contributed by atoms with E-state index in [9.17, 15) is 0 Å². The highest BCUT2D eigenvalue weighted by Gasteiger charge is 2.30. The molecule has 2 aliphatic rings. The van der Waals surface area contributed by atoms with Crippen LogP contribution >= 0.6 is 0 Å². The molecule has 1 heterocycles. The average molecular weight is 242 g/mol. The van der Waals surface area contributed by atoms with Gasteiger partial charge in [-0.2, -0.15) is 0 Å². The Balaban J connectivity index is 1.56. The van der Waals surface area contributed by atoms with Crippen LogP contribution in [0.25, 0.3) is 0 Å². The van der Waals surface area contributed by atoms with Gasteiger partial charge in [0.2, 0.25) is 0 Å². The van der Waals surface area contributed by atoms with E-state index in [-0.39, 0.29) is 0 Å². The maximum Gasteiger partial charge on any atom is 0.0620 e. The molecule has 0 aromatic carbocycles. The smallest absolute Gasteiger partial charge is 0.0620 e. The Morgan fingerprint density at radius 1 is 1.47 bits per heavy atom. The third-order valence-electron chi connectivity index (χ3n) is 3.65. The Labute approximate surface area is 104 Å². The molecule has 2 unspecified atom stereocenters. The zero-order valence-corrected chi connectivity index (χ0v) is 11.1. The molecule has 100 valence electrons. The highest BCUT2D eigenvalue weighted by molar-refractivity contribution is 4.88. The summed E-state index contributed by atoms with van der Waals surface area (Å²) >= 11 is 0. The van der Waals surface area contributed by atoms with Crippen molar-refractivity contribution in [2.75, 3.05) is 26.4 Å². The normalized spacial score (nSPS) is 35.3. The van der Waals surface area contributed by atoms with E-state index in [1.165, 1.54) is 12.8 Å². The fourth-order valence-electron chi connectivity index (χ4n) is 2.74. The van der Waals surface area contributed by atoms with Gasteiger partial charge in [0.15, 0.2) is 0 Å². The van der Waals surface area contributed by atoms with Gasteiger partial charge in [-0.05, 0) is 33.1 Å². The highest BCUT2D eigenvalue weighted by Crippen LogP contribution is 2.24. The van der Waals surface area contributed by atoms with Gasteiger partial charge in [0.25, 0.3) is 0 Å². The van der Waals surface area contributed by atoms with Crippen molar-refractivity contribution in [3.05, 3.63) is 0 Å². The van der Waals surface area contributed by atoms with Crippen molar-refractivity contribution in [2.24, 2.45) is 0 Å². The molecular weight excluding hydrogens is 216 g/mol. The average Bonchev–Trinajstić information content (AvgIpc) is 2.27. The molecule has 4 heteroatoms. The Kier molecular flexibility index (Phi) is 5.22. The Bertz CT molecular complexity index is 213. The molecule has 0 spiro atoms. The summed E-state index contributed by atoms with van der Waals surface area (Å²) in [6, 6.07) is 1.74. The molecule has 1 saturated carbocycles. The van der Waals surface area contributed by atoms with Gasteiger partial charge < -0.3 is 20.1 Å². The second-order valence-electron chi connectivity index (χ2n) is 5.28. The van der Waals surface area contributed by atoms with Crippen molar-refractivity contribution >= 4 is 0 Å². The van der Waals surface area contributed by atoms with Crippen LogP contribution < -0.4 is 10.6 Å². The molecule has 4 nitrogen and oxygen atoms in total. The van der Waals surface area contributed by atoms with Crippen LogP contribution in [0.2, 0.25) is 0 Å². The van der Waals surface area contributed by atoms with Gasteiger partial charge in [-0.1, -0.05) is 0 Å². The number of nitrogens with one attached hydrogen (secondary N) is 2. The zero-order valence-electron chi connectivity index (χ0n) is 11.1. The van der Waals surface area contributed by atoms with Crippen LogP contribution in [-0.2, 0) is 9.47 Å². The molecule has 2 fully saturated rings. The third-order valence-corrected chi connectivity index (χ3v) is 3.65. The first kappa shape index (κ1) is 13.3. The van der Waals surface area contributed by atoms with Gasteiger partial charge in [0.1, 0.15) is 0 Å². The second-order valence-corrected chi connectivity index (χ2v) is 5.28. The van der Waals surface area contributed by atoms with Crippen molar-refractivity contribution < 1.29 is 9.47 Å². The number of morpholine rings is 1. The molecule has 0 amide bonds. The number of ether oxygens (including phenoxy) is 2. The van der Waals surface area contributed by atoms with E-state index in [0.717, 1.165) is 32.8 Å². The lowest BCUT2D eigenvalue weighted by molar-refractivity contribution is -0.0130. The van der Waals surface area contributed by atoms with Gasteiger partial charge in [0, 0.05) is 31.3 Å². The van der Waals surface area contributed by atoms with E-state index in [1.807, 2.05) is 0 Å². The molecule has 17 heavy (non-hydrogen) atoms. The molecule has 1 saturated heterocycles. The number of rotatable bonds is 6. The maximum absolute atomic E-state index is 5.57. The summed E-state index contributed by atoms with van der Waals surface area (Å²) in [7, 11) is 0. The van der Waals surface area contributed by atoms with Gasteiger partial charge in [0.05, 0.1) is 19.3 Å². The Hall–Kier alpha value is -0.160. The van der Waals surface area contributed by atoms with Crippen molar-refractivity contribution in [1.29, 1.82) is 0 Å². The van der Waals surface area contributed by atoms with E-state index in [4.69, 9.17) is 9.47 Å². The van der Waals surface area contributed by atoms with Crippen LogP contribution in [0.4, 0.5) is 0 Å². The first-order chi connectivity index (χ1) is 8.28. The van der Waals surface area contributed by atoms with Crippen molar-refractivity contribution in [3.63, 3.8) is 0 Å². The molecule has 1 aliphatic carbocycles. The molecule has 2 N–H and O–H groups in total. The summed E-state index contributed by atoms with van der Waals surface area (Å²) in [4.78, 5) is 0. The SMILES string of the molecule is CCOC1CC(NC(C)CC2COCCN2)C1. The van der Waals surface area contributed by atoms with Crippen molar-refractivity contribution in [3.8, 4) is 0 Å². The van der Waals surface area contributed by atoms with E-state index >= 15 is 0 Å². The lowest BCUT2D eigenvalue weighted by atomic mass is 9.88. The number of hydrogen-bond donors (Lipinski definition) is 2. The fourth-order valence-corrected chi connectivity index (χ4v) is 2.74. The van der Waals surface area contributed by atoms with E-state index in [2.05, 4.69) is 24.5 Å². The van der Waals surface area contributed by atoms with E-state index in [0.29, 0.717) is 24.2 Å². The van der Waals surface area contributed by atoms with Crippen molar-refractivity contribution in [1.82, 2.24) is 10.6 Å². The molecule has 0 aromatic rings. The number of hydrogen-bond acceptors (Lipinski definition) is 4. The molecule has 0 aromatic heterocycles. The second kappa shape index (κ2) is 6.69. The highest BCUT2D eigenvalue weighted by atomic mass is 16.5. The molecule has 2 rings (SSSR count). The fraction of sp³-hybridized carbons (Fsp3) is 1.00. The van der Waals surface area contributed by atoms with Gasteiger partial charge in [-0.15, -0.1) is 0 Å². The monoisotopic (exact) mass is 242 g/mol. The largest absolute Gasteiger partial charge is 0.379 e. The summed E-state index contributed by atoms with van der Waals surface area (Å²) in [5, 5.41) is 7.18. The van der Waals surface area contributed by atoms with Crippen LogP contribution in [0, 0.1) is 0 Å². The van der Waals surface area contributed by atoms with E-state index in [1.54, 1.807) is 0 Å². The third kappa shape index (κ3) is 4.21.